The minimum Gasteiger partial charge on any atom is -0.315 e. The SMILES string of the molecule is CNC(C)Cn1c(=O)[nH]c2cccc(Cl)c2c1=O. The lowest BCUT2D eigenvalue weighted by Crippen LogP contribution is -2.40. The Balaban J connectivity index is 2.72. The summed E-state index contributed by atoms with van der Waals surface area (Å²) in [5.74, 6) is 0. The summed E-state index contributed by atoms with van der Waals surface area (Å²) >= 11 is 6.01. The summed E-state index contributed by atoms with van der Waals surface area (Å²) in [5, 5.41) is 3.68. The van der Waals surface area contributed by atoms with Crippen LogP contribution in [0.1, 0.15) is 6.92 Å². The number of likely N-dealkylation sites (N-methyl/N-ethyl adjacent to an activating group) is 1. The van der Waals surface area contributed by atoms with Crippen molar-refractivity contribution in [3.05, 3.63) is 44.1 Å². The molecule has 1 aromatic heterocycles. The van der Waals surface area contributed by atoms with Crippen molar-refractivity contribution < 1.29 is 0 Å². The largest absolute Gasteiger partial charge is 0.328 e. The molecule has 1 aromatic carbocycles. The second-order valence-electron chi connectivity index (χ2n) is 4.20. The van der Waals surface area contributed by atoms with Gasteiger partial charge in [-0.2, -0.15) is 0 Å². The van der Waals surface area contributed by atoms with Crippen LogP contribution in [0.4, 0.5) is 0 Å². The summed E-state index contributed by atoms with van der Waals surface area (Å²) in [4.78, 5) is 26.8. The van der Waals surface area contributed by atoms with Crippen LogP contribution in [0.3, 0.4) is 0 Å². The van der Waals surface area contributed by atoms with Crippen molar-refractivity contribution in [2.45, 2.75) is 19.5 Å². The van der Waals surface area contributed by atoms with Gasteiger partial charge in [-0.15, -0.1) is 0 Å². The number of H-pyrrole nitrogens is 1. The van der Waals surface area contributed by atoms with Gasteiger partial charge in [0.2, 0.25) is 0 Å². The molecule has 2 rings (SSSR count). The molecule has 0 amide bonds. The Morgan fingerprint density at radius 1 is 1.44 bits per heavy atom. The van der Waals surface area contributed by atoms with Crippen LogP contribution in [0.25, 0.3) is 10.9 Å². The fourth-order valence-corrected chi connectivity index (χ4v) is 2.04. The maximum absolute atomic E-state index is 12.3. The van der Waals surface area contributed by atoms with Crippen LogP contribution in [-0.2, 0) is 6.54 Å². The average molecular weight is 268 g/mol. The highest BCUT2D eigenvalue weighted by Gasteiger charge is 2.11. The third-order valence-corrected chi connectivity index (χ3v) is 3.22. The number of aromatic nitrogens is 2. The summed E-state index contributed by atoms with van der Waals surface area (Å²) in [6, 6.07) is 5.01. The van der Waals surface area contributed by atoms with E-state index in [9.17, 15) is 9.59 Å². The van der Waals surface area contributed by atoms with Crippen LogP contribution in [0.2, 0.25) is 5.02 Å². The first-order chi connectivity index (χ1) is 8.54. The van der Waals surface area contributed by atoms with Crippen LogP contribution in [0.15, 0.2) is 27.8 Å². The van der Waals surface area contributed by atoms with Crippen LogP contribution in [-0.4, -0.2) is 22.6 Å². The second-order valence-corrected chi connectivity index (χ2v) is 4.61. The van der Waals surface area contributed by atoms with Crippen molar-refractivity contribution in [2.75, 3.05) is 7.05 Å². The fourth-order valence-electron chi connectivity index (χ4n) is 1.79. The molecule has 1 atom stereocenters. The molecule has 0 fully saturated rings. The lowest BCUT2D eigenvalue weighted by Gasteiger charge is -2.12. The molecule has 0 spiro atoms. The Kier molecular flexibility index (Phi) is 3.54. The highest BCUT2D eigenvalue weighted by Crippen LogP contribution is 2.16. The van der Waals surface area contributed by atoms with Crippen LogP contribution in [0.5, 0.6) is 0 Å². The highest BCUT2D eigenvalue weighted by molar-refractivity contribution is 6.35. The van der Waals surface area contributed by atoms with Gasteiger partial charge in [0.05, 0.1) is 15.9 Å². The molecule has 0 radical (unpaired) electrons. The number of hydrogen-bond acceptors (Lipinski definition) is 3. The van der Waals surface area contributed by atoms with Crippen LogP contribution < -0.4 is 16.6 Å². The van der Waals surface area contributed by atoms with Gasteiger partial charge in [-0.3, -0.25) is 9.36 Å². The van der Waals surface area contributed by atoms with E-state index in [2.05, 4.69) is 10.3 Å². The fraction of sp³-hybridized carbons (Fsp3) is 0.333. The normalized spacial score (nSPS) is 12.8. The third kappa shape index (κ3) is 2.19. The van der Waals surface area contributed by atoms with Crippen molar-refractivity contribution >= 4 is 22.5 Å². The maximum Gasteiger partial charge on any atom is 0.328 e. The first kappa shape index (κ1) is 12.9. The number of fused-ring (bicyclic) bond motifs is 1. The van der Waals surface area contributed by atoms with E-state index in [-0.39, 0.29) is 11.6 Å². The van der Waals surface area contributed by atoms with Crippen molar-refractivity contribution in [1.29, 1.82) is 0 Å². The molecule has 0 aliphatic heterocycles. The van der Waals surface area contributed by atoms with Gasteiger partial charge in [0, 0.05) is 12.6 Å². The van der Waals surface area contributed by atoms with Crippen LogP contribution in [0, 0.1) is 0 Å². The lowest BCUT2D eigenvalue weighted by atomic mass is 10.2. The van der Waals surface area contributed by atoms with E-state index < -0.39 is 5.69 Å². The molecule has 1 unspecified atom stereocenters. The van der Waals surface area contributed by atoms with E-state index in [0.29, 0.717) is 22.5 Å². The molecular weight excluding hydrogens is 254 g/mol. The molecule has 0 aliphatic rings. The van der Waals surface area contributed by atoms with Crippen molar-refractivity contribution in [3.63, 3.8) is 0 Å². The van der Waals surface area contributed by atoms with Crippen molar-refractivity contribution in [3.8, 4) is 0 Å². The van der Waals surface area contributed by atoms with Crippen LogP contribution >= 0.6 is 11.6 Å². The Morgan fingerprint density at radius 2 is 2.17 bits per heavy atom. The summed E-state index contributed by atoms with van der Waals surface area (Å²) < 4.78 is 1.16. The zero-order valence-electron chi connectivity index (χ0n) is 10.2. The number of aromatic amines is 1. The van der Waals surface area contributed by atoms with E-state index in [1.54, 1.807) is 25.2 Å². The standard InChI is InChI=1S/C12H14ClN3O2/c1-7(14-2)6-16-11(17)10-8(13)4-3-5-9(10)15-12(16)18/h3-5,7,14H,6H2,1-2H3,(H,15,18). The van der Waals surface area contributed by atoms with Gasteiger partial charge >= 0.3 is 5.69 Å². The molecule has 1 heterocycles. The van der Waals surface area contributed by atoms with E-state index >= 15 is 0 Å². The van der Waals surface area contributed by atoms with Gasteiger partial charge in [-0.25, -0.2) is 4.79 Å². The lowest BCUT2D eigenvalue weighted by molar-refractivity contribution is 0.492. The van der Waals surface area contributed by atoms with E-state index in [1.807, 2.05) is 6.92 Å². The monoisotopic (exact) mass is 267 g/mol. The molecule has 96 valence electrons. The number of rotatable bonds is 3. The quantitative estimate of drug-likeness (QED) is 0.870. The second kappa shape index (κ2) is 4.96. The summed E-state index contributed by atoms with van der Waals surface area (Å²) in [7, 11) is 1.78. The topological polar surface area (TPSA) is 66.9 Å². The number of nitrogens with one attached hydrogen (secondary N) is 2. The zero-order valence-corrected chi connectivity index (χ0v) is 10.9. The first-order valence-electron chi connectivity index (χ1n) is 5.63. The molecule has 6 heteroatoms. The number of nitrogens with zero attached hydrogens (tertiary/aromatic N) is 1. The Bertz CT molecular complexity index is 690. The maximum atomic E-state index is 12.3. The Morgan fingerprint density at radius 3 is 2.83 bits per heavy atom. The number of hydrogen-bond donors (Lipinski definition) is 2. The van der Waals surface area contributed by atoms with Gasteiger partial charge < -0.3 is 10.3 Å². The van der Waals surface area contributed by atoms with Gasteiger partial charge in [0.1, 0.15) is 0 Å². The van der Waals surface area contributed by atoms with E-state index in [1.165, 1.54) is 0 Å². The minimum absolute atomic E-state index is 0.0173. The summed E-state index contributed by atoms with van der Waals surface area (Å²) in [6.45, 7) is 2.19. The summed E-state index contributed by atoms with van der Waals surface area (Å²) in [5.41, 5.74) is -0.316. The molecule has 2 aromatic rings. The molecule has 0 saturated carbocycles. The molecule has 5 nitrogen and oxygen atoms in total. The number of halogens is 1. The van der Waals surface area contributed by atoms with E-state index in [0.717, 1.165) is 4.57 Å². The van der Waals surface area contributed by atoms with E-state index in [4.69, 9.17) is 11.6 Å². The molecule has 0 bridgehead atoms. The minimum atomic E-state index is -0.420. The Labute approximate surface area is 108 Å². The Hall–Kier alpha value is -1.59. The zero-order chi connectivity index (χ0) is 13.3. The summed E-state index contributed by atoms with van der Waals surface area (Å²) in [6.07, 6.45) is 0. The molecular formula is C12H14ClN3O2. The first-order valence-corrected chi connectivity index (χ1v) is 6.01. The molecule has 0 saturated heterocycles. The predicted octanol–water partition coefficient (Wildman–Crippen LogP) is 0.951. The average Bonchev–Trinajstić information content (AvgIpc) is 2.33. The van der Waals surface area contributed by atoms with Gasteiger partial charge in [-0.05, 0) is 26.1 Å². The molecule has 0 aliphatic carbocycles. The van der Waals surface area contributed by atoms with Crippen molar-refractivity contribution in [2.24, 2.45) is 0 Å². The molecule has 2 N–H and O–H groups in total. The smallest absolute Gasteiger partial charge is 0.315 e. The van der Waals surface area contributed by atoms with Gasteiger partial charge in [0.25, 0.3) is 5.56 Å². The number of benzene rings is 1. The van der Waals surface area contributed by atoms with Gasteiger partial charge in [-0.1, -0.05) is 17.7 Å². The van der Waals surface area contributed by atoms with Gasteiger partial charge in [0.15, 0.2) is 0 Å². The predicted molar refractivity (Wildman–Crippen MR) is 72.4 cm³/mol. The highest BCUT2D eigenvalue weighted by atomic mass is 35.5. The third-order valence-electron chi connectivity index (χ3n) is 2.91. The van der Waals surface area contributed by atoms with Crippen molar-refractivity contribution in [1.82, 2.24) is 14.9 Å². The molecule has 18 heavy (non-hydrogen) atoms.